The maximum atomic E-state index is 13.2. The lowest BCUT2D eigenvalue weighted by atomic mass is 10.0. The second kappa shape index (κ2) is 5.91. The molecule has 2 fully saturated rings. The van der Waals surface area contributed by atoms with Crippen LogP contribution in [0.2, 0.25) is 0 Å². The highest BCUT2D eigenvalue weighted by Gasteiger charge is 2.44. The van der Waals surface area contributed by atoms with Crippen LogP contribution in [0.1, 0.15) is 23.2 Å². The molecule has 0 unspecified atom stereocenters. The van der Waals surface area contributed by atoms with E-state index in [0.29, 0.717) is 13.2 Å². The van der Waals surface area contributed by atoms with Crippen molar-refractivity contribution in [2.24, 2.45) is 0 Å². The van der Waals surface area contributed by atoms with E-state index in [1.165, 1.54) is 0 Å². The molecule has 0 spiro atoms. The number of fused-ring (bicyclic) bond motifs is 2. The fourth-order valence-electron chi connectivity index (χ4n) is 3.86. The molecule has 1 saturated heterocycles. The molecule has 2 aliphatic rings. The van der Waals surface area contributed by atoms with Gasteiger partial charge in [-0.2, -0.15) is 0 Å². The minimum atomic E-state index is -0.00852. The number of ether oxygens (including phenoxy) is 2. The summed E-state index contributed by atoms with van der Waals surface area (Å²) in [6.45, 7) is 1.20. The summed E-state index contributed by atoms with van der Waals surface area (Å²) in [5, 5.41) is 0.907. The molecule has 23 heavy (non-hydrogen) atoms. The third-order valence-electron chi connectivity index (χ3n) is 4.98. The predicted molar refractivity (Wildman–Crippen MR) is 86.3 cm³/mol. The summed E-state index contributed by atoms with van der Waals surface area (Å²) in [4.78, 5) is 19.5. The number of carbonyl (C=O) groups excluding carboxylic acids is 1. The lowest BCUT2D eigenvalue weighted by molar-refractivity contribution is -0.0946. The molecule has 1 aliphatic heterocycles. The third kappa shape index (κ3) is 2.40. The van der Waals surface area contributed by atoms with Crippen LogP contribution in [0.3, 0.4) is 0 Å². The maximum absolute atomic E-state index is 13.2. The average molecular weight is 312 g/mol. The van der Waals surface area contributed by atoms with Crippen molar-refractivity contribution in [3.05, 3.63) is 42.1 Å². The Kier molecular flexibility index (Phi) is 3.75. The van der Waals surface area contributed by atoms with E-state index in [1.807, 2.05) is 35.2 Å². The summed E-state index contributed by atoms with van der Waals surface area (Å²) in [6.07, 6.45) is 3.65. The molecule has 4 rings (SSSR count). The second-order valence-electron chi connectivity index (χ2n) is 6.13. The number of hydrogen-bond donors (Lipinski definition) is 0. The maximum Gasteiger partial charge on any atom is 0.255 e. The zero-order valence-electron chi connectivity index (χ0n) is 13.1. The predicted octanol–water partition coefficient (Wildman–Crippen LogP) is 2.25. The van der Waals surface area contributed by atoms with E-state index in [9.17, 15) is 4.79 Å². The molecule has 3 atom stereocenters. The number of nitrogens with zero attached hydrogens (tertiary/aromatic N) is 2. The van der Waals surface area contributed by atoms with Crippen LogP contribution < -0.4 is 0 Å². The summed E-state index contributed by atoms with van der Waals surface area (Å²) in [5.74, 6) is 0.0682. The zero-order chi connectivity index (χ0) is 15.8. The Balaban J connectivity index is 1.68. The topological polar surface area (TPSA) is 51.7 Å². The standard InChI is InChI=1S/C18H20N2O3/c1-22-16-7-6-15-17(16)23-11-10-20(15)18(21)13-8-9-19-14-5-3-2-4-12(13)14/h2-5,8-9,15-17H,6-7,10-11H2,1H3/t15-,16+,17+/m0/s1. The quantitative estimate of drug-likeness (QED) is 0.853. The van der Waals surface area contributed by atoms with E-state index >= 15 is 0 Å². The number of para-hydroxylation sites is 1. The molecular weight excluding hydrogens is 292 g/mol. The molecular formula is C18H20N2O3. The number of morpholine rings is 1. The molecule has 5 heteroatoms. The van der Waals surface area contributed by atoms with Gasteiger partial charge in [0.05, 0.1) is 29.8 Å². The number of amides is 1. The summed E-state index contributed by atoms with van der Waals surface area (Å²) < 4.78 is 11.4. The second-order valence-corrected chi connectivity index (χ2v) is 6.13. The first-order valence-corrected chi connectivity index (χ1v) is 8.08. The Bertz CT molecular complexity index is 728. The highest BCUT2D eigenvalue weighted by Crippen LogP contribution is 2.33. The average Bonchev–Trinajstić information content (AvgIpc) is 3.04. The molecule has 1 amide bonds. The van der Waals surface area contributed by atoms with Gasteiger partial charge in [-0.1, -0.05) is 18.2 Å². The largest absolute Gasteiger partial charge is 0.379 e. The van der Waals surface area contributed by atoms with Gasteiger partial charge in [0.2, 0.25) is 0 Å². The molecule has 2 heterocycles. The van der Waals surface area contributed by atoms with Gasteiger partial charge in [0.25, 0.3) is 5.91 Å². The first-order valence-electron chi connectivity index (χ1n) is 8.08. The van der Waals surface area contributed by atoms with Crippen LogP contribution in [0.15, 0.2) is 36.5 Å². The van der Waals surface area contributed by atoms with Crippen molar-refractivity contribution in [1.82, 2.24) is 9.88 Å². The number of carbonyl (C=O) groups is 1. The van der Waals surface area contributed by atoms with Gasteiger partial charge in [0.15, 0.2) is 0 Å². The van der Waals surface area contributed by atoms with Crippen LogP contribution in [-0.2, 0) is 9.47 Å². The summed E-state index contributed by atoms with van der Waals surface area (Å²) in [6, 6.07) is 9.70. The minimum absolute atomic E-state index is 0.00852. The SMILES string of the molecule is CO[C@@H]1CC[C@H]2[C@H]1OCCN2C(=O)c1ccnc2ccccc12. The van der Waals surface area contributed by atoms with Crippen LogP contribution in [0.25, 0.3) is 10.9 Å². The highest BCUT2D eigenvalue weighted by atomic mass is 16.5. The van der Waals surface area contributed by atoms with E-state index in [1.54, 1.807) is 13.3 Å². The number of benzene rings is 1. The Morgan fingerprint density at radius 1 is 1.30 bits per heavy atom. The lowest BCUT2D eigenvalue weighted by Crippen LogP contribution is -2.53. The molecule has 1 aromatic carbocycles. The first kappa shape index (κ1) is 14.6. The van der Waals surface area contributed by atoms with E-state index in [-0.39, 0.29) is 24.2 Å². The van der Waals surface area contributed by atoms with Crippen LogP contribution in [0.5, 0.6) is 0 Å². The van der Waals surface area contributed by atoms with Crippen molar-refractivity contribution in [2.45, 2.75) is 31.1 Å². The Morgan fingerprint density at radius 2 is 2.17 bits per heavy atom. The molecule has 1 aromatic heterocycles. The van der Waals surface area contributed by atoms with Crippen LogP contribution in [0, 0.1) is 0 Å². The van der Waals surface area contributed by atoms with E-state index < -0.39 is 0 Å². The fourth-order valence-corrected chi connectivity index (χ4v) is 3.86. The Labute approximate surface area is 135 Å². The van der Waals surface area contributed by atoms with Gasteiger partial charge in [-0.15, -0.1) is 0 Å². The van der Waals surface area contributed by atoms with Gasteiger partial charge in [0.1, 0.15) is 6.10 Å². The molecule has 1 aliphatic carbocycles. The van der Waals surface area contributed by atoms with Gasteiger partial charge < -0.3 is 14.4 Å². The monoisotopic (exact) mass is 312 g/mol. The Morgan fingerprint density at radius 3 is 3.04 bits per heavy atom. The minimum Gasteiger partial charge on any atom is -0.379 e. The summed E-state index contributed by atoms with van der Waals surface area (Å²) >= 11 is 0. The normalized spacial score (nSPS) is 27.2. The molecule has 120 valence electrons. The lowest BCUT2D eigenvalue weighted by Gasteiger charge is -2.39. The number of aromatic nitrogens is 1. The molecule has 5 nitrogen and oxygen atoms in total. The van der Waals surface area contributed by atoms with Gasteiger partial charge in [-0.25, -0.2) is 0 Å². The van der Waals surface area contributed by atoms with Gasteiger partial charge in [0, 0.05) is 25.2 Å². The van der Waals surface area contributed by atoms with Crippen molar-refractivity contribution in [2.75, 3.05) is 20.3 Å². The van der Waals surface area contributed by atoms with E-state index in [4.69, 9.17) is 9.47 Å². The number of rotatable bonds is 2. The smallest absolute Gasteiger partial charge is 0.255 e. The van der Waals surface area contributed by atoms with E-state index in [0.717, 1.165) is 29.3 Å². The van der Waals surface area contributed by atoms with Crippen molar-refractivity contribution in [3.63, 3.8) is 0 Å². The molecule has 0 N–H and O–H groups in total. The number of methoxy groups -OCH3 is 1. The Hall–Kier alpha value is -1.98. The van der Waals surface area contributed by atoms with Crippen molar-refractivity contribution >= 4 is 16.8 Å². The summed E-state index contributed by atoms with van der Waals surface area (Å²) in [7, 11) is 1.72. The molecule has 1 saturated carbocycles. The first-order chi connectivity index (χ1) is 11.3. The highest BCUT2D eigenvalue weighted by molar-refractivity contribution is 6.06. The zero-order valence-corrected chi connectivity index (χ0v) is 13.1. The van der Waals surface area contributed by atoms with E-state index in [2.05, 4.69) is 4.98 Å². The molecule has 2 aromatic rings. The third-order valence-corrected chi connectivity index (χ3v) is 4.98. The van der Waals surface area contributed by atoms with Crippen molar-refractivity contribution in [3.8, 4) is 0 Å². The van der Waals surface area contributed by atoms with Crippen LogP contribution >= 0.6 is 0 Å². The number of hydrogen-bond acceptors (Lipinski definition) is 4. The molecule has 0 bridgehead atoms. The van der Waals surface area contributed by atoms with Crippen molar-refractivity contribution in [1.29, 1.82) is 0 Å². The summed E-state index contributed by atoms with van der Waals surface area (Å²) in [5.41, 5.74) is 1.57. The van der Waals surface area contributed by atoms with Crippen LogP contribution in [0.4, 0.5) is 0 Å². The molecule has 0 radical (unpaired) electrons. The van der Waals surface area contributed by atoms with Crippen molar-refractivity contribution < 1.29 is 14.3 Å². The van der Waals surface area contributed by atoms with Gasteiger partial charge in [-0.05, 0) is 25.0 Å². The van der Waals surface area contributed by atoms with Gasteiger partial charge >= 0.3 is 0 Å². The number of pyridine rings is 1. The fraction of sp³-hybridized carbons (Fsp3) is 0.444. The van der Waals surface area contributed by atoms with Crippen LogP contribution in [-0.4, -0.2) is 54.3 Å². The van der Waals surface area contributed by atoms with Gasteiger partial charge in [-0.3, -0.25) is 9.78 Å².